The summed E-state index contributed by atoms with van der Waals surface area (Å²) in [5.74, 6) is 1.40. The van der Waals surface area contributed by atoms with Gasteiger partial charge in [0.2, 0.25) is 0 Å². The Morgan fingerprint density at radius 2 is 1.83 bits per heavy atom. The Balaban J connectivity index is 1.62. The zero-order valence-electron chi connectivity index (χ0n) is 17.4. The van der Waals surface area contributed by atoms with Gasteiger partial charge in [-0.05, 0) is 49.7 Å². The van der Waals surface area contributed by atoms with Crippen LogP contribution >= 0.6 is 11.8 Å². The van der Waals surface area contributed by atoms with Crippen molar-refractivity contribution in [2.75, 3.05) is 12.9 Å². The largest absolute Gasteiger partial charge is 0.497 e. The van der Waals surface area contributed by atoms with Gasteiger partial charge in [0.05, 0.1) is 18.9 Å². The Bertz CT molecular complexity index is 1050. The summed E-state index contributed by atoms with van der Waals surface area (Å²) in [4.78, 5) is 25.0. The molecular formula is C22H24N4O3S. The number of Topliss-reactive ketones (excluding diaryl/α,β-unsaturated/α-hetero) is 1. The Morgan fingerprint density at radius 1 is 1.13 bits per heavy atom. The fourth-order valence-corrected chi connectivity index (χ4v) is 3.80. The fraction of sp³-hybridized carbons (Fsp3) is 0.273. The minimum absolute atomic E-state index is 0.00638. The normalized spacial score (nSPS) is 11.7. The molecule has 0 aliphatic carbocycles. The van der Waals surface area contributed by atoms with Crippen LogP contribution in [0.15, 0.2) is 53.7 Å². The number of hydrogen-bond acceptors (Lipinski definition) is 6. The van der Waals surface area contributed by atoms with Crippen LogP contribution in [0.1, 0.15) is 45.1 Å². The average Bonchev–Trinajstić information content (AvgIpc) is 3.12. The van der Waals surface area contributed by atoms with Crippen LogP contribution in [-0.4, -0.2) is 39.3 Å². The molecule has 0 aliphatic heterocycles. The van der Waals surface area contributed by atoms with Crippen molar-refractivity contribution in [1.82, 2.24) is 20.1 Å². The zero-order chi connectivity index (χ0) is 21.7. The van der Waals surface area contributed by atoms with Crippen LogP contribution in [-0.2, 0) is 7.05 Å². The molecule has 7 nitrogen and oxygen atoms in total. The van der Waals surface area contributed by atoms with Gasteiger partial charge in [0.25, 0.3) is 5.91 Å². The molecule has 0 fully saturated rings. The van der Waals surface area contributed by atoms with Crippen molar-refractivity contribution in [3.05, 3.63) is 71.0 Å². The molecule has 1 unspecified atom stereocenters. The van der Waals surface area contributed by atoms with Crippen LogP contribution < -0.4 is 10.1 Å². The molecule has 1 amide bonds. The number of carbonyl (C=O) groups excluding carboxylic acids is 2. The predicted octanol–water partition coefficient (Wildman–Crippen LogP) is 3.60. The second kappa shape index (κ2) is 9.58. The van der Waals surface area contributed by atoms with E-state index in [4.69, 9.17) is 4.74 Å². The molecule has 0 radical (unpaired) electrons. The van der Waals surface area contributed by atoms with E-state index < -0.39 is 0 Å². The Labute approximate surface area is 179 Å². The molecule has 0 saturated carbocycles. The molecule has 2 aromatic carbocycles. The maximum atomic E-state index is 12.6. The number of ether oxygens (including phenoxy) is 1. The van der Waals surface area contributed by atoms with Gasteiger partial charge in [0.1, 0.15) is 5.75 Å². The number of aromatic nitrogens is 3. The first-order valence-corrected chi connectivity index (χ1v) is 10.4. The molecule has 3 aromatic rings. The van der Waals surface area contributed by atoms with Gasteiger partial charge in [0.15, 0.2) is 16.8 Å². The molecule has 0 spiro atoms. The van der Waals surface area contributed by atoms with E-state index in [-0.39, 0.29) is 23.5 Å². The summed E-state index contributed by atoms with van der Waals surface area (Å²) < 4.78 is 6.91. The molecule has 30 heavy (non-hydrogen) atoms. The predicted molar refractivity (Wildman–Crippen MR) is 116 cm³/mol. The van der Waals surface area contributed by atoms with Crippen LogP contribution in [0.2, 0.25) is 0 Å². The number of amides is 1. The van der Waals surface area contributed by atoms with Crippen LogP contribution in [0.5, 0.6) is 5.75 Å². The summed E-state index contributed by atoms with van der Waals surface area (Å²) >= 11 is 1.31. The third kappa shape index (κ3) is 4.88. The Hall–Kier alpha value is -3.13. The van der Waals surface area contributed by atoms with Crippen molar-refractivity contribution in [2.45, 2.75) is 25.0 Å². The Morgan fingerprint density at radius 3 is 2.50 bits per heavy atom. The van der Waals surface area contributed by atoms with E-state index in [0.29, 0.717) is 27.9 Å². The lowest BCUT2D eigenvalue weighted by atomic mass is 10.1. The molecule has 3 rings (SSSR count). The standard InChI is InChI=1S/C22H24N4O3S/c1-14-7-5-6-8-18(14)21(28)23-15(2)20-24-25-22(26(20)3)30-13-19(27)16-9-11-17(29-4)12-10-16/h5-12,15H,13H2,1-4H3,(H,23,28). The zero-order valence-corrected chi connectivity index (χ0v) is 18.2. The first-order valence-electron chi connectivity index (χ1n) is 9.46. The summed E-state index contributed by atoms with van der Waals surface area (Å²) in [5, 5.41) is 12.0. The molecule has 1 aromatic heterocycles. The van der Waals surface area contributed by atoms with Crippen molar-refractivity contribution >= 4 is 23.5 Å². The second-order valence-corrected chi connectivity index (χ2v) is 7.79. The molecule has 1 heterocycles. The van der Waals surface area contributed by atoms with Gasteiger partial charge in [0, 0.05) is 18.2 Å². The van der Waals surface area contributed by atoms with Gasteiger partial charge in [-0.25, -0.2) is 0 Å². The van der Waals surface area contributed by atoms with Gasteiger partial charge in [-0.15, -0.1) is 10.2 Å². The number of nitrogens with zero attached hydrogens (tertiary/aromatic N) is 3. The number of ketones is 1. The van der Waals surface area contributed by atoms with Gasteiger partial charge in [-0.2, -0.15) is 0 Å². The summed E-state index contributed by atoms with van der Waals surface area (Å²) in [6.07, 6.45) is 0. The third-order valence-electron chi connectivity index (χ3n) is 4.74. The number of thioether (sulfide) groups is 1. The molecule has 0 bridgehead atoms. The SMILES string of the molecule is COc1ccc(C(=O)CSc2nnc(C(C)NC(=O)c3ccccc3C)n2C)cc1. The lowest BCUT2D eigenvalue weighted by Gasteiger charge is -2.14. The lowest BCUT2D eigenvalue weighted by molar-refractivity contribution is 0.0936. The molecule has 8 heteroatoms. The number of hydrogen-bond donors (Lipinski definition) is 1. The van der Waals surface area contributed by atoms with E-state index in [1.54, 1.807) is 42.0 Å². The second-order valence-electron chi connectivity index (χ2n) is 6.85. The fourth-order valence-electron chi connectivity index (χ4n) is 2.99. The van der Waals surface area contributed by atoms with Crippen LogP contribution in [0.25, 0.3) is 0 Å². The first kappa shape index (κ1) is 21.6. The highest BCUT2D eigenvalue weighted by Crippen LogP contribution is 2.21. The van der Waals surface area contributed by atoms with Gasteiger partial charge >= 0.3 is 0 Å². The van der Waals surface area contributed by atoms with Gasteiger partial charge < -0.3 is 14.6 Å². The van der Waals surface area contributed by atoms with Crippen molar-refractivity contribution in [2.24, 2.45) is 7.05 Å². The quantitative estimate of drug-likeness (QED) is 0.439. The maximum Gasteiger partial charge on any atom is 0.252 e. The van der Waals surface area contributed by atoms with Crippen molar-refractivity contribution in [3.63, 3.8) is 0 Å². The summed E-state index contributed by atoms with van der Waals surface area (Å²) in [6, 6.07) is 14.1. The van der Waals surface area contributed by atoms with E-state index >= 15 is 0 Å². The number of benzene rings is 2. The monoisotopic (exact) mass is 424 g/mol. The van der Waals surface area contributed by atoms with Gasteiger partial charge in [-0.3, -0.25) is 9.59 Å². The lowest BCUT2D eigenvalue weighted by Crippen LogP contribution is -2.29. The molecule has 1 atom stereocenters. The molecular weight excluding hydrogens is 400 g/mol. The molecule has 0 aliphatic rings. The smallest absolute Gasteiger partial charge is 0.252 e. The number of methoxy groups -OCH3 is 1. The summed E-state index contributed by atoms with van der Waals surface area (Å²) in [6.45, 7) is 3.76. The summed E-state index contributed by atoms with van der Waals surface area (Å²) in [7, 11) is 3.41. The van der Waals surface area contributed by atoms with E-state index in [2.05, 4.69) is 15.5 Å². The number of aryl methyl sites for hydroxylation is 1. The van der Waals surface area contributed by atoms with Crippen LogP contribution in [0, 0.1) is 6.92 Å². The highest BCUT2D eigenvalue weighted by molar-refractivity contribution is 7.99. The van der Waals surface area contributed by atoms with E-state index in [1.807, 2.05) is 39.1 Å². The van der Waals surface area contributed by atoms with Gasteiger partial charge in [-0.1, -0.05) is 30.0 Å². The van der Waals surface area contributed by atoms with Crippen molar-refractivity contribution in [3.8, 4) is 5.75 Å². The molecule has 1 N–H and O–H groups in total. The highest BCUT2D eigenvalue weighted by Gasteiger charge is 2.20. The highest BCUT2D eigenvalue weighted by atomic mass is 32.2. The maximum absolute atomic E-state index is 12.6. The molecule has 156 valence electrons. The average molecular weight is 425 g/mol. The third-order valence-corrected chi connectivity index (χ3v) is 5.76. The van der Waals surface area contributed by atoms with Crippen molar-refractivity contribution < 1.29 is 14.3 Å². The topological polar surface area (TPSA) is 86.1 Å². The number of nitrogens with one attached hydrogen (secondary N) is 1. The first-order chi connectivity index (χ1) is 14.4. The van der Waals surface area contributed by atoms with E-state index in [0.717, 1.165) is 5.56 Å². The minimum atomic E-state index is -0.332. The summed E-state index contributed by atoms with van der Waals surface area (Å²) in [5.41, 5.74) is 2.16. The number of rotatable bonds is 8. The Kier molecular flexibility index (Phi) is 6.89. The van der Waals surface area contributed by atoms with Crippen LogP contribution in [0.3, 0.4) is 0 Å². The van der Waals surface area contributed by atoms with E-state index in [9.17, 15) is 9.59 Å². The van der Waals surface area contributed by atoms with Crippen LogP contribution in [0.4, 0.5) is 0 Å². The molecule has 0 saturated heterocycles. The van der Waals surface area contributed by atoms with Crippen molar-refractivity contribution in [1.29, 1.82) is 0 Å². The van der Waals surface area contributed by atoms with E-state index in [1.165, 1.54) is 11.8 Å². The minimum Gasteiger partial charge on any atom is -0.497 e. The number of carbonyl (C=O) groups is 2.